The van der Waals surface area contributed by atoms with E-state index in [9.17, 15) is 14.0 Å². The van der Waals surface area contributed by atoms with Crippen LogP contribution in [0.1, 0.15) is 18.9 Å². The molecule has 0 aromatic heterocycles. The lowest BCUT2D eigenvalue weighted by molar-refractivity contribution is -0.128. The maximum absolute atomic E-state index is 13.5. The minimum Gasteiger partial charge on any atom is -0.493 e. The number of hydrogen-bond donors (Lipinski definition) is 2. The quantitative estimate of drug-likeness (QED) is 0.556. The monoisotopic (exact) mass is 441 g/mol. The number of nitrogens with one attached hydrogen (secondary N) is 2. The fourth-order valence-electron chi connectivity index (χ4n) is 4.07. The Labute approximate surface area is 189 Å². The van der Waals surface area contributed by atoms with E-state index in [1.54, 1.807) is 12.1 Å². The van der Waals surface area contributed by atoms with Gasteiger partial charge in [-0.1, -0.05) is 36.4 Å². The normalized spacial score (nSPS) is 18.7. The summed E-state index contributed by atoms with van der Waals surface area (Å²) in [5, 5.41) is 5.62. The van der Waals surface area contributed by atoms with Crippen molar-refractivity contribution in [2.75, 3.05) is 39.3 Å². The Balaban J connectivity index is 1.57. The second-order valence-corrected chi connectivity index (χ2v) is 8.34. The van der Waals surface area contributed by atoms with Gasteiger partial charge in [-0.3, -0.25) is 9.59 Å². The summed E-state index contributed by atoms with van der Waals surface area (Å²) < 4.78 is 19.3. The number of benzene rings is 2. The molecule has 2 aromatic rings. The highest BCUT2D eigenvalue weighted by molar-refractivity contribution is 5.79. The van der Waals surface area contributed by atoms with Crippen molar-refractivity contribution in [1.82, 2.24) is 15.5 Å². The van der Waals surface area contributed by atoms with Crippen LogP contribution in [0.4, 0.5) is 4.39 Å². The molecule has 1 fully saturated rings. The van der Waals surface area contributed by atoms with E-state index in [-0.39, 0.29) is 29.5 Å². The summed E-state index contributed by atoms with van der Waals surface area (Å²) in [7, 11) is 0. The molecular formula is C25H32FN3O3. The van der Waals surface area contributed by atoms with Gasteiger partial charge >= 0.3 is 0 Å². The van der Waals surface area contributed by atoms with Crippen molar-refractivity contribution in [3.05, 3.63) is 66.0 Å². The smallest absolute Gasteiger partial charge is 0.224 e. The molecule has 2 N–H and O–H groups in total. The third-order valence-corrected chi connectivity index (χ3v) is 5.62. The molecule has 1 aliphatic rings. The molecule has 0 radical (unpaired) electrons. The third-order valence-electron chi connectivity index (χ3n) is 5.62. The number of likely N-dealkylation sites (tertiary alicyclic amines) is 1. The van der Waals surface area contributed by atoms with Gasteiger partial charge in [0.15, 0.2) is 0 Å². The molecule has 172 valence electrons. The molecule has 1 saturated heterocycles. The zero-order valence-electron chi connectivity index (χ0n) is 18.6. The van der Waals surface area contributed by atoms with E-state index in [2.05, 4.69) is 27.7 Å². The van der Waals surface area contributed by atoms with Crippen LogP contribution in [0, 0.1) is 17.7 Å². The van der Waals surface area contributed by atoms with Crippen molar-refractivity contribution >= 4 is 11.8 Å². The molecule has 7 heteroatoms. The number of nitrogens with zero attached hydrogens (tertiary/aromatic N) is 1. The Bertz CT molecular complexity index is 878. The summed E-state index contributed by atoms with van der Waals surface area (Å²) in [6, 6.07) is 16.4. The van der Waals surface area contributed by atoms with E-state index in [1.165, 1.54) is 24.6 Å². The minimum absolute atomic E-state index is 0.00415. The van der Waals surface area contributed by atoms with E-state index in [0.717, 1.165) is 19.5 Å². The van der Waals surface area contributed by atoms with E-state index < -0.39 is 0 Å². The second-order valence-electron chi connectivity index (χ2n) is 8.34. The van der Waals surface area contributed by atoms with Crippen molar-refractivity contribution < 1.29 is 18.7 Å². The van der Waals surface area contributed by atoms with Gasteiger partial charge in [0.05, 0.1) is 12.5 Å². The van der Waals surface area contributed by atoms with Gasteiger partial charge in [-0.2, -0.15) is 0 Å². The topological polar surface area (TPSA) is 70.7 Å². The Morgan fingerprint density at radius 2 is 1.84 bits per heavy atom. The molecule has 0 saturated carbocycles. The first-order valence-electron chi connectivity index (χ1n) is 11.2. The molecule has 3 rings (SSSR count). The predicted molar refractivity (Wildman–Crippen MR) is 122 cm³/mol. The zero-order chi connectivity index (χ0) is 22.8. The van der Waals surface area contributed by atoms with Gasteiger partial charge in [-0.25, -0.2) is 4.39 Å². The average molecular weight is 442 g/mol. The van der Waals surface area contributed by atoms with E-state index in [1.807, 2.05) is 18.2 Å². The Hall–Kier alpha value is -2.93. The van der Waals surface area contributed by atoms with Crippen LogP contribution in [0.2, 0.25) is 0 Å². The standard InChI is InChI=1S/C25H32FN3O3/c1-19(30)27-11-12-28-25(31)22-14-21(18-32-24-9-5-8-23(26)15-24)16-29(17-22)13-10-20-6-3-2-4-7-20/h2-9,15,21-22H,10-14,16-18H2,1H3,(H,27,30)(H,28,31)/t21-,22+/m0/s1. The maximum atomic E-state index is 13.5. The van der Waals surface area contributed by atoms with Crippen LogP contribution in [-0.4, -0.2) is 56.0 Å². The molecule has 2 amide bonds. The van der Waals surface area contributed by atoms with E-state index in [4.69, 9.17) is 4.74 Å². The van der Waals surface area contributed by atoms with Gasteiger partial charge in [-0.15, -0.1) is 0 Å². The first-order valence-corrected chi connectivity index (χ1v) is 11.2. The fraction of sp³-hybridized carbons (Fsp3) is 0.440. The minimum atomic E-state index is -0.327. The first-order chi connectivity index (χ1) is 15.5. The van der Waals surface area contributed by atoms with Gasteiger partial charge in [0, 0.05) is 51.6 Å². The van der Waals surface area contributed by atoms with Crippen molar-refractivity contribution in [3.63, 3.8) is 0 Å². The Kier molecular flexibility index (Phi) is 9.04. The number of amides is 2. The lowest BCUT2D eigenvalue weighted by Crippen LogP contribution is -2.49. The summed E-state index contributed by atoms with van der Waals surface area (Å²) in [5.41, 5.74) is 1.27. The third kappa shape index (κ3) is 7.96. The molecule has 2 atom stereocenters. The molecule has 0 aliphatic carbocycles. The molecule has 6 nitrogen and oxygen atoms in total. The number of rotatable bonds is 10. The van der Waals surface area contributed by atoms with Gasteiger partial charge in [-0.05, 0) is 30.5 Å². The lowest BCUT2D eigenvalue weighted by atomic mass is 9.88. The summed E-state index contributed by atoms with van der Waals surface area (Å²) in [5.74, 6) is 0.0655. The van der Waals surface area contributed by atoms with Crippen LogP contribution < -0.4 is 15.4 Å². The molecule has 0 unspecified atom stereocenters. The van der Waals surface area contributed by atoms with Gasteiger partial charge < -0.3 is 20.3 Å². The highest BCUT2D eigenvalue weighted by atomic mass is 19.1. The summed E-state index contributed by atoms with van der Waals surface area (Å²) in [6.07, 6.45) is 1.62. The Morgan fingerprint density at radius 3 is 2.59 bits per heavy atom. The fourth-order valence-corrected chi connectivity index (χ4v) is 4.07. The molecular weight excluding hydrogens is 409 g/mol. The molecule has 32 heavy (non-hydrogen) atoms. The number of halogens is 1. The number of carbonyl (C=O) groups is 2. The van der Waals surface area contributed by atoms with Crippen LogP contribution in [0.25, 0.3) is 0 Å². The van der Waals surface area contributed by atoms with Crippen molar-refractivity contribution in [3.8, 4) is 5.75 Å². The van der Waals surface area contributed by atoms with Gasteiger partial charge in [0.25, 0.3) is 0 Å². The van der Waals surface area contributed by atoms with Crippen molar-refractivity contribution in [2.45, 2.75) is 19.8 Å². The Morgan fingerprint density at radius 1 is 1.06 bits per heavy atom. The molecule has 1 aliphatic heterocycles. The summed E-state index contributed by atoms with van der Waals surface area (Å²) in [6.45, 7) is 5.09. The second kappa shape index (κ2) is 12.2. The van der Waals surface area contributed by atoms with Crippen LogP contribution in [0.3, 0.4) is 0 Å². The van der Waals surface area contributed by atoms with E-state index in [0.29, 0.717) is 38.4 Å². The van der Waals surface area contributed by atoms with Crippen molar-refractivity contribution in [1.29, 1.82) is 0 Å². The van der Waals surface area contributed by atoms with Crippen LogP contribution >= 0.6 is 0 Å². The van der Waals surface area contributed by atoms with Crippen LogP contribution in [-0.2, 0) is 16.0 Å². The number of piperidine rings is 1. The lowest BCUT2D eigenvalue weighted by Gasteiger charge is -2.37. The first kappa shape index (κ1) is 23.7. The zero-order valence-corrected chi connectivity index (χ0v) is 18.6. The summed E-state index contributed by atoms with van der Waals surface area (Å²) >= 11 is 0. The molecule has 0 spiro atoms. The van der Waals surface area contributed by atoms with Gasteiger partial charge in [0.1, 0.15) is 11.6 Å². The SMILES string of the molecule is CC(=O)NCCNC(=O)[C@@H]1C[C@H](COc2cccc(F)c2)CN(CCc2ccccc2)C1. The number of carbonyl (C=O) groups excluding carboxylic acids is 2. The average Bonchev–Trinajstić information content (AvgIpc) is 2.79. The van der Waals surface area contributed by atoms with Crippen LogP contribution in [0.5, 0.6) is 5.75 Å². The summed E-state index contributed by atoms with van der Waals surface area (Å²) in [4.78, 5) is 26.1. The molecule has 0 bridgehead atoms. The number of hydrogen-bond acceptors (Lipinski definition) is 4. The molecule has 1 heterocycles. The molecule has 2 aromatic carbocycles. The highest BCUT2D eigenvalue weighted by Gasteiger charge is 2.31. The predicted octanol–water partition coefficient (Wildman–Crippen LogP) is 2.64. The van der Waals surface area contributed by atoms with Gasteiger partial charge in [0.2, 0.25) is 11.8 Å². The largest absolute Gasteiger partial charge is 0.493 e. The number of ether oxygens (including phenoxy) is 1. The van der Waals surface area contributed by atoms with E-state index >= 15 is 0 Å². The van der Waals surface area contributed by atoms with Crippen molar-refractivity contribution in [2.24, 2.45) is 11.8 Å². The van der Waals surface area contributed by atoms with Crippen LogP contribution in [0.15, 0.2) is 54.6 Å². The highest BCUT2D eigenvalue weighted by Crippen LogP contribution is 2.24. The maximum Gasteiger partial charge on any atom is 0.224 e.